The molecule has 1 aliphatic carbocycles. The molecule has 0 atom stereocenters. The molecule has 6 heteroatoms. The fraction of sp³-hybridized carbons (Fsp3) is 0.407. The molecule has 0 radical (unpaired) electrons. The molecule has 0 saturated heterocycles. The van der Waals surface area contributed by atoms with Crippen LogP contribution in [0.25, 0.3) is 22.2 Å². The standard InChI is InChI=1S/C27H33N3O3/c1-27(2,3)30-26(32)29-21-13-9-8-12-20(21)24-23(17-10-6-5-7-11-17)19-15-14-18(25(31)33-4)16-22(19)28-24/h8-9,12-17,28H,5-7,10-11H2,1-4H3,(H2,29,30,32). The zero-order chi connectivity index (χ0) is 23.6. The lowest BCUT2D eigenvalue weighted by Crippen LogP contribution is -2.43. The van der Waals surface area contributed by atoms with Gasteiger partial charge in [-0.1, -0.05) is 43.5 Å². The van der Waals surface area contributed by atoms with Gasteiger partial charge in [0.1, 0.15) is 0 Å². The van der Waals surface area contributed by atoms with Crippen molar-refractivity contribution in [1.29, 1.82) is 0 Å². The second-order valence-electron chi connectivity index (χ2n) is 9.88. The number of hydrogen-bond donors (Lipinski definition) is 3. The van der Waals surface area contributed by atoms with E-state index in [9.17, 15) is 9.59 Å². The topological polar surface area (TPSA) is 83.2 Å². The first-order valence-corrected chi connectivity index (χ1v) is 11.7. The summed E-state index contributed by atoms with van der Waals surface area (Å²) in [6, 6.07) is 13.3. The third-order valence-corrected chi connectivity index (χ3v) is 6.21. The van der Waals surface area contributed by atoms with Crippen LogP contribution in [0, 0.1) is 0 Å². The van der Waals surface area contributed by atoms with Crippen molar-refractivity contribution in [1.82, 2.24) is 10.3 Å². The lowest BCUT2D eigenvalue weighted by atomic mass is 9.81. The number of fused-ring (bicyclic) bond motifs is 1. The minimum absolute atomic E-state index is 0.238. The van der Waals surface area contributed by atoms with E-state index >= 15 is 0 Å². The number of aromatic amines is 1. The first kappa shape index (κ1) is 22.9. The summed E-state index contributed by atoms with van der Waals surface area (Å²) in [5.74, 6) is 0.0797. The third-order valence-electron chi connectivity index (χ3n) is 6.21. The second-order valence-corrected chi connectivity index (χ2v) is 9.88. The first-order chi connectivity index (χ1) is 15.8. The van der Waals surface area contributed by atoms with E-state index in [0.29, 0.717) is 11.5 Å². The summed E-state index contributed by atoms with van der Waals surface area (Å²) in [7, 11) is 1.39. The van der Waals surface area contributed by atoms with Crippen molar-refractivity contribution in [2.75, 3.05) is 12.4 Å². The molecule has 33 heavy (non-hydrogen) atoms. The number of anilines is 1. The molecule has 1 aliphatic rings. The Bertz CT molecular complexity index is 1170. The number of methoxy groups -OCH3 is 1. The molecule has 0 spiro atoms. The number of hydrogen-bond acceptors (Lipinski definition) is 3. The van der Waals surface area contributed by atoms with Crippen LogP contribution in [0.4, 0.5) is 10.5 Å². The van der Waals surface area contributed by atoms with Gasteiger partial charge in [0, 0.05) is 22.0 Å². The van der Waals surface area contributed by atoms with Crippen LogP contribution in [0.2, 0.25) is 0 Å². The molecule has 0 aliphatic heterocycles. The number of amides is 2. The molecule has 1 fully saturated rings. The molecule has 3 aromatic rings. The molecule has 2 amide bonds. The van der Waals surface area contributed by atoms with Crippen LogP contribution in [0.5, 0.6) is 0 Å². The van der Waals surface area contributed by atoms with Gasteiger partial charge in [0.05, 0.1) is 24.1 Å². The minimum atomic E-state index is -0.354. The first-order valence-electron chi connectivity index (χ1n) is 11.7. The van der Waals surface area contributed by atoms with Crippen LogP contribution >= 0.6 is 0 Å². The number of carbonyl (C=O) groups is 2. The Labute approximate surface area is 195 Å². The Morgan fingerprint density at radius 2 is 1.76 bits per heavy atom. The molecule has 3 N–H and O–H groups in total. The van der Waals surface area contributed by atoms with E-state index in [2.05, 4.69) is 15.6 Å². The maximum absolute atomic E-state index is 12.6. The second kappa shape index (κ2) is 9.30. The van der Waals surface area contributed by atoms with Gasteiger partial charge in [-0.2, -0.15) is 0 Å². The van der Waals surface area contributed by atoms with Crippen molar-refractivity contribution >= 4 is 28.6 Å². The summed E-state index contributed by atoms with van der Waals surface area (Å²) < 4.78 is 4.92. The highest BCUT2D eigenvalue weighted by Crippen LogP contribution is 2.44. The van der Waals surface area contributed by atoms with Gasteiger partial charge in [0.25, 0.3) is 0 Å². The summed E-state index contributed by atoms with van der Waals surface area (Å²) in [5.41, 5.74) is 5.05. The molecule has 6 nitrogen and oxygen atoms in total. The van der Waals surface area contributed by atoms with Crippen LogP contribution < -0.4 is 10.6 Å². The Morgan fingerprint density at radius 1 is 1.03 bits per heavy atom. The number of esters is 1. The van der Waals surface area contributed by atoms with Gasteiger partial charge >= 0.3 is 12.0 Å². The van der Waals surface area contributed by atoms with E-state index in [1.807, 2.05) is 63.2 Å². The number of nitrogens with one attached hydrogen (secondary N) is 3. The summed E-state index contributed by atoms with van der Waals surface area (Å²) in [6.45, 7) is 5.86. The number of aromatic nitrogens is 1. The van der Waals surface area contributed by atoms with Crippen LogP contribution in [-0.2, 0) is 4.74 Å². The number of para-hydroxylation sites is 1. The van der Waals surface area contributed by atoms with E-state index in [1.165, 1.54) is 31.9 Å². The smallest absolute Gasteiger partial charge is 0.337 e. The number of carbonyl (C=O) groups excluding carboxylic acids is 2. The number of rotatable bonds is 4. The molecule has 1 heterocycles. The largest absolute Gasteiger partial charge is 0.465 e. The monoisotopic (exact) mass is 447 g/mol. The van der Waals surface area contributed by atoms with Crippen molar-refractivity contribution < 1.29 is 14.3 Å². The highest BCUT2D eigenvalue weighted by molar-refractivity contribution is 6.01. The highest BCUT2D eigenvalue weighted by Gasteiger charge is 2.26. The van der Waals surface area contributed by atoms with Crippen molar-refractivity contribution in [3.8, 4) is 11.3 Å². The predicted octanol–water partition coefficient (Wildman–Crippen LogP) is 6.59. The van der Waals surface area contributed by atoms with Crippen molar-refractivity contribution in [2.24, 2.45) is 0 Å². The molecule has 0 bridgehead atoms. The van der Waals surface area contributed by atoms with Gasteiger partial charge in [0.15, 0.2) is 0 Å². The van der Waals surface area contributed by atoms with E-state index < -0.39 is 0 Å². The molecule has 1 aromatic heterocycles. The van der Waals surface area contributed by atoms with Gasteiger partial charge in [0.2, 0.25) is 0 Å². The number of H-pyrrole nitrogens is 1. The average Bonchev–Trinajstić information content (AvgIpc) is 3.16. The van der Waals surface area contributed by atoms with Crippen LogP contribution in [0.3, 0.4) is 0 Å². The van der Waals surface area contributed by atoms with E-state index in [-0.39, 0.29) is 17.5 Å². The van der Waals surface area contributed by atoms with Gasteiger partial charge in [-0.3, -0.25) is 0 Å². The van der Waals surface area contributed by atoms with E-state index in [0.717, 1.165) is 40.7 Å². The third kappa shape index (κ3) is 5.05. The van der Waals surface area contributed by atoms with E-state index in [1.54, 1.807) is 0 Å². The number of urea groups is 1. The molecular formula is C27H33N3O3. The Balaban J connectivity index is 1.83. The summed E-state index contributed by atoms with van der Waals surface area (Å²) >= 11 is 0. The molecule has 2 aromatic carbocycles. The Kier molecular flexibility index (Phi) is 6.45. The molecule has 1 saturated carbocycles. The van der Waals surface area contributed by atoms with Crippen molar-refractivity contribution in [3.63, 3.8) is 0 Å². The summed E-state index contributed by atoms with van der Waals surface area (Å²) in [4.78, 5) is 28.3. The molecular weight excluding hydrogens is 414 g/mol. The van der Waals surface area contributed by atoms with Crippen molar-refractivity contribution in [2.45, 2.75) is 64.3 Å². The minimum Gasteiger partial charge on any atom is -0.465 e. The molecule has 4 rings (SSSR count). The maximum Gasteiger partial charge on any atom is 0.337 e. The summed E-state index contributed by atoms with van der Waals surface area (Å²) in [6.07, 6.45) is 5.97. The van der Waals surface area contributed by atoms with Crippen molar-refractivity contribution in [3.05, 3.63) is 53.6 Å². The van der Waals surface area contributed by atoms with E-state index in [4.69, 9.17) is 4.74 Å². The average molecular weight is 448 g/mol. The van der Waals surface area contributed by atoms with Crippen LogP contribution in [-0.4, -0.2) is 29.6 Å². The maximum atomic E-state index is 12.6. The fourth-order valence-corrected chi connectivity index (χ4v) is 4.80. The number of benzene rings is 2. The Hall–Kier alpha value is -3.28. The summed E-state index contributed by atoms with van der Waals surface area (Å²) in [5, 5.41) is 7.12. The SMILES string of the molecule is COC(=O)c1ccc2c(C3CCCCC3)c(-c3ccccc3NC(=O)NC(C)(C)C)[nH]c2c1. The van der Waals surface area contributed by atoms with Crippen LogP contribution in [0.1, 0.15) is 74.7 Å². The lowest BCUT2D eigenvalue weighted by molar-refractivity contribution is 0.0601. The quantitative estimate of drug-likeness (QED) is 0.395. The molecule has 174 valence electrons. The molecule has 0 unspecified atom stereocenters. The van der Waals surface area contributed by atoms with Gasteiger partial charge in [-0.25, -0.2) is 9.59 Å². The normalized spacial score (nSPS) is 14.8. The van der Waals surface area contributed by atoms with Gasteiger partial charge in [-0.15, -0.1) is 0 Å². The fourth-order valence-electron chi connectivity index (χ4n) is 4.80. The highest BCUT2D eigenvalue weighted by atomic mass is 16.5. The van der Waals surface area contributed by atoms with Gasteiger partial charge < -0.3 is 20.4 Å². The number of ether oxygens (including phenoxy) is 1. The lowest BCUT2D eigenvalue weighted by Gasteiger charge is -2.24. The van der Waals surface area contributed by atoms with Crippen LogP contribution in [0.15, 0.2) is 42.5 Å². The van der Waals surface area contributed by atoms with Gasteiger partial charge in [-0.05, 0) is 63.3 Å². The zero-order valence-corrected chi connectivity index (χ0v) is 19.9. The zero-order valence-electron chi connectivity index (χ0n) is 19.9. The predicted molar refractivity (Wildman–Crippen MR) is 133 cm³/mol. The Morgan fingerprint density at radius 3 is 2.45 bits per heavy atom.